The summed E-state index contributed by atoms with van der Waals surface area (Å²) in [5, 5.41) is 3.82. The Bertz CT molecular complexity index is 576. The van der Waals surface area contributed by atoms with Crippen LogP contribution in [0.1, 0.15) is 22.7 Å². The summed E-state index contributed by atoms with van der Waals surface area (Å²) >= 11 is 5.85. The van der Waals surface area contributed by atoms with Gasteiger partial charge in [-0.25, -0.2) is 0 Å². The van der Waals surface area contributed by atoms with Crippen molar-refractivity contribution in [1.82, 2.24) is 5.32 Å². The second kappa shape index (κ2) is 6.50. The highest BCUT2D eigenvalue weighted by atomic mass is 35.5. The Morgan fingerprint density at radius 1 is 1.00 bits per heavy atom. The van der Waals surface area contributed by atoms with Crippen LogP contribution in [0.2, 0.25) is 5.02 Å². The van der Waals surface area contributed by atoms with Crippen LogP contribution in [-0.2, 0) is 12.6 Å². The zero-order valence-electron chi connectivity index (χ0n) is 11.4. The van der Waals surface area contributed by atoms with E-state index in [-0.39, 0.29) is 6.04 Å². The Morgan fingerprint density at radius 3 is 2.05 bits per heavy atom. The molecule has 2 aromatic rings. The van der Waals surface area contributed by atoms with E-state index in [1.54, 1.807) is 12.1 Å². The minimum atomic E-state index is -4.29. The average Bonchev–Trinajstić information content (AvgIpc) is 2.45. The predicted molar refractivity (Wildman–Crippen MR) is 78.4 cm³/mol. The Kier molecular flexibility index (Phi) is 4.91. The van der Waals surface area contributed by atoms with Crippen molar-refractivity contribution in [3.8, 4) is 0 Å². The number of rotatable bonds is 4. The minimum absolute atomic E-state index is 0.0269. The van der Waals surface area contributed by atoms with Crippen molar-refractivity contribution in [2.24, 2.45) is 0 Å². The number of halogens is 4. The van der Waals surface area contributed by atoms with E-state index in [1.165, 1.54) is 12.1 Å². The normalized spacial score (nSPS) is 13.2. The van der Waals surface area contributed by atoms with E-state index in [0.717, 1.165) is 23.3 Å². The van der Waals surface area contributed by atoms with Gasteiger partial charge in [-0.1, -0.05) is 35.9 Å². The molecule has 1 atom stereocenters. The van der Waals surface area contributed by atoms with Gasteiger partial charge in [0.25, 0.3) is 0 Å². The zero-order valence-corrected chi connectivity index (χ0v) is 12.2. The topological polar surface area (TPSA) is 12.0 Å². The first-order valence-corrected chi connectivity index (χ1v) is 6.87. The monoisotopic (exact) mass is 313 g/mol. The van der Waals surface area contributed by atoms with Crippen LogP contribution in [0.4, 0.5) is 13.2 Å². The third kappa shape index (κ3) is 4.22. The number of likely N-dealkylation sites (N-methyl/N-ethyl adjacent to an activating group) is 1. The van der Waals surface area contributed by atoms with Crippen molar-refractivity contribution in [2.45, 2.75) is 18.6 Å². The second-order valence-corrected chi connectivity index (χ2v) is 5.23. The molecule has 1 N–H and O–H groups in total. The van der Waals surface area contributed by atoms with Crippen LogP contribution in [0.15, 0.2) is 48.5 Å². The zero-order chi connectivity index (χ0) is 15.5. The highest BCUT2D eigenvalue weighted by Crippen LogP contribution is 2.29. The number of benzene rings is 2. The summed E-state index contributed by atoms with van der Waals surface area (Å²) in [6, 6.07) is 12.7. The molecule has 0 fully saturated rings. The average molecular weight is 314 g/mol. The molecule has 0 spiro atoms. The fourth-order valence-corrected chi connectivity index (χ4v) is 2.27. The van der Waals surface area contributed by atoms with E-state index in [4.69, 9.17) is 11.6 Å². The maximum Gasteiger partial charge on any atom is 0.416 e. The van der Waals surface area contributed by atoms with Gasteiger partial charge in [0.2, 0.25) is 0 Å². The molecule has 21 heavy (non-hydrogen) atoms. The van der Waals surface area contributed by atoms with Crippen molar-refractivity contribution in [2.75, 3.05) is 7.05 Å². The van der Waals surface area contributed by atoms with Gasteiger partial charge in [0, 0.05) is 11.1 Å². The van der Waals surface area contributed by atoms with Gasteiger partial charge < -0.3 is 5.32 Å². The highest BCUT2D eigenvalue weighted by Gasteiger charge is 2.29. The van der Waals surface area contributed by atoms with E-state index in [9.17, 15) is 13.2 Å². The molecule has 1 unspecified atom stereocenters. The minimum Gasteiger partial charge on any atom is -0.313 e. The molecule has 0 aliphatic carbocycles. The summed E-state index contributed by atoms with van der Waals surface area (Å²) < 4.78 is 37.6. The van der Waals surface area contributed by atoms with Crippen LogP contribution in [0.3, 0.4) is 0 Å². The number of alkyl halides is 3. The second-order valence-electron chi connectivity index (χ2n) is 4.79. The lowest BCUT2D eigenvalue weighted by Gasteiger charge is -2.17. The van der Waals surface area contributed by atoms with E-state index in [0.29, 0.717) is 11.4 Å². The first kappa shape index (κ1) is 15.9. The van der Waals surface area contributed by atoms with Crippen molar-refractivity contribution in [3.05, 3.63) is 70.2 Å². The summed E-state index contributed by atoms with van der Waals surface area (Å²) in [4.78, 5) is 0. The van der Waals surface area contributed by atoms with Gasteiger partial charge in [0.1, 0.15) is 0 Å². The maximum atomic E-state index is 12.5. The third-order valence-corrected chi connectivity index (χ3v) is 3.59. The molecule has 112 valence electrons. The molecular formula is C16H15ClF3N. The van der Waals surface area contributed by atoms with Crippen molar-refractivity contribution < 1.29 is 13.2 Å². The van der Waals surface area contributed by atoms with Crippen molar-refractivity contribution in [1.29, 1.82) is 0 Å². The van der Waals surface area contributed by atoms with Gasteiger partial charge in [-0.15, -0.1) is 0 Å². The summed E-state index contributed by atoms with van der Waals surface area (Å²) in [5.41, 5.74) is 1.26. The fourth-order valence-electron chi connectivity index (χ4n) is 2.15. The molecule has 1 nitrogen and oxygen atoms in total. The molecule has 0 aliphatic heterocycles. The van der Waals surface area contributed by atoms with Crippen molar-refractivity contribution in [3.63, 3.8) is 0 Å². The molecule has 0 saturated heterocycles. The molecule has 0 bridgehead atoms. The number of hydrogen-bond donors (Lipinski definition) is 1. The van der Waals surface area contributed by atoms with Crippen LogP contribution in [0.5, 0.6) is 0 Å². The van der Waals surface area contributed by atoms with Crippen molar-refractivity contribution >= 4 is 11.6 Å². The number of nitrogens with one attached hydrogen (secondary N) is 1. The summed E-state index contributed by atoms with van der Waals surface area (Å²) in [6.07, 6.45) is -3.69. The van der Waals surface area contributed by atoms with Gasteiger partial charge in [-0.2, -0.15) is 13.2 Å². The van der Waals surface area contributed by atoms with Gasteiger partial charge in [-0.3, -0.25) is 0 Å². The van der Waals surface area contributed by atoms with Crippen LogP contribution < -0.4 is 5.32 Å². The fraction of sp³-hybridized carbons (Fsp3) is 0.250. The van der Waals surface area contributed by atoms with Crippen LogP contribution in [0, 0.1) is 0 Å². The molecule has 0 heterocycles. The summed E-state index contributed by atoms with van der Waals surface area (Å²) in [5.74, 6) is 0. The predicted octanol–water partition coefficient (Wildman–Crippen LogP) is 4.86. The smallest absolute Gasteiger partial charge is 0.313 e. The van der Waals surface area contributed by atoms with Gasteiger partial charge in [0.15, 0.2) is 0 Å². The molecule has 0 aromatic heterocycles. The van der Waals surface area contributed by atoms with Crippen LogP contribution in [-0.4, -0.2) is 7.05 Å². The highest BCUT2D eigenvalue weighted by molar-refractivity contribution is 6.30. The van der Waals surface area contributed by atoms with Gasteiger partial charge in [0.05, 0.1) is 5.56 Å². The molecular weight excluding hydrogens is 299 g/mol. The third-order valence-electron chi connectivity index (χ3n) is 3.34. The molecule has 2 rings (SSSR count). The maximum absolute atomic E-state index is 12.5. The molecule has 0 aliphatic rings. The SMILES string of the molecule is CNC(Cc1ccc(C(F)(F)F)cc1)c1ccc(Cl)cc1. The van der Waals surface area contributed by atoms with E-state index >= 15 is 0 Å². The first-order valence-electron chi connectivity index (χ1n) is 6.49. The van der Waals surface area contributed by atoms with Crippen LogP contribution in [0.25, 0.3) is 0 Å². The van der Waals surface area contributed by atoms with E-state index in [2.05, 4.69) is 5.32 Å². The first-order chi connectivity index (χ1) is 9.90. The van der Waals surface area contributed by atoms with Crippen LogP contribution >= 0.6 is 11.6 Å². The standard InChI is InChI=1S/C16H15ClF3N/c1-21-15(12-4-8-14(17)9-5-12)10-11-2-6-13(7-3-11)16(18,19)20/h2-9,15,21H,10H2,1H3. The molecule has 0 amide bonds. The van der Waals surface area contributed by atoms with E-state index in [1.807, 2.05) is 19.2 Å². The summed E-state index contributed by atoms with van der Waals surface area (Å²) in [7, 11) is 1.82. The van der Waals surface area contributed by atoms with Gasteiger partial charge >= 0.3 is 6.18 Å². The van der Waals surface area contributed by atoms with Gasteiger partial charge in [-0.05, 0) is 48.9 Å². The Hall–Kier alpha value is -1.52. The lowest BCUT2D eigenvalue weighted by molar-refractivity contribution is -0.137. The molecule has 0 saturated carbocycles. The van der Waals surface area contributed by atoms with E-state index < -0.39 is 11.7 Å². The Balaban J connectivity index is 2.13. The quantitative estimate of drug-likeness (QED) is 0.850. The largest absolute Gasteiger partial charge is 0.416 e. The lowest BCUT2D eigenvalue weighted by atomic mass is 9.98. The summed E-state index contributed by atoms with van der Waals surface area (Å²) in [6.45, 7) is 0. The lowest BCUT2D eigenvalue weighted by Crippen LogP contribution is -2.18. The Labute approximate surface area is 126 Å². The molecule has 5 heteroatoms. The molecule has 0 radical (unpaired) electrons. The Morgan fingerprint density at radius 2 is 1.57 bits per heavy atom. The molecule has 2 aromatic carbocycles. The number of hydrogen-bond acceptors (Lipinski definition) is 1.